The molecule has 0 aromatic heterocycles. The van der Waals surface area contributed by atoms with Crippen molar-refractivity contribution in [2.24, 2.45) is 11.8 Å². The first-order valence-corrected chi connectivity index (χ1v) is 6.53. The van der Waals surface area contributed by atoms with Crippen molar-refractivity contribution in [2.45, 2.75) is 26.7 Å². The summed E-state index contributed by atoms with van der Waals surface area (Å²) in [6.45, 7) is 8.73. The molecule has 1 aliphatic rings. The quantitative estimate of drug-likeness (QED) is 0.555. The summed E-state index contributed by atoms with van der Waals surface area (Å²) in [4.78, 5) is 2.63. The monoisotopic (exact) mass is 281 g/mol. The van der Waals surface area contributed by atoms with Crippen molar-refractivity contribution in [1.82, 2.24) is 4.90 Å². The largest absolute Gasteiger partial charge is 0.302 e. The molecule has 0 N–H and O–H groups in total. The first-order valence-electron chi connectivity index (χ1n) is 5.00. The zero-order valence-corrected chi connectivity index (χ0v) is 10.4. The smallest absolute Gasteiger partial charge is 0.0123 e. The van der Waals surface area contributed by atoms with Crippen LogP contribution in [-0.4, -0.2) is 29.0 Å². The van der Waals surface area contributed by atoms with Gasteiger partial charge in [0.15, 0.2) is 0 Å². The van der Waals surface area contributed by atoms with Crippen LogP contribution in [0.2, 0.25) is 0 Å². The maximum absolute atomic E-state index is 2.63. The van der Waals surface area contributed by atoms with Gasteiger partial charge in [0, 0.05) is 17.5 Å². The molecule has 1 nitrogen and oxygen atoms in total. The molecule has 2 heteroatoms. The summed E-state index contributed by atoms with van der Waals surface area (Å²) in [6, 6.07) is 0. The van der Waals surface area contributed by atoms with E-state index < -0.39 is 0 Å². The van der Waals surface area contributed by atoms with Crippen LogP contribution in [0, 0.1) is 11.8 Å². The number of alkyl halides is 1. The lowest BCUT2D eigenvalue weighted by Crippen LogP contribution is -2.29. The molecule has 12 heavy (non-hydrogen) atoms. The Kier molecular flexibility index (Phi) is 4.87. The molecule has 1 fully saturated rings. The molecule has 0 saturated carbocycles. The van der Waals surface area contributed by atoms with E-state index in [9.17, 15) is 0 Å². The van der Waals surface area contributed by atoms with Gasteiger partial charge < -0.3 is 4.90 Å². The van der Waals surface area contributed by atoms with Gasteiger partial charge in [0.2, 0.25) is 0 Å². The molecule has 0 aromatic carbocycles. The molecule has 0 spiro atoms. The number of halogens is 1. The molecule has 1 rings (SSSR count). The Bertz CT molecular complexity index is 127. The third kappa shape index (κ3) is 3.60. The van der Waals surface area contributed by atoms with E-state index in [2.05, 4.69) is 41.3 Å². The van der Waals surface area contributed by atoms with E-state index in [0.29, 0.717) is 0 Å². The second kappa shape index (κ2) is 5.43. The second-order valence-electron chi connectivity index (χ2n) is 4.22. The number of nitrogens with zero attached hydrogens (tertiary/aromatic N) is 1. The molecule has 1 aliphatic heterocycles. The van der Waals surface area contributed by atoms with E-state index in [1.54, 1.807) is 0 Å². The maximum Gasteiger partial charge on any atom is 0.0123 e. The highest BCUT2D eigenvalue weighted by Crippen LogP contribution is 2.20. The van der Waals surface area contributed by atoms with Crippen molar-refractivity contribution in [2.75, 3.05) is 24.1 Å². The molecular weight excluding hydrogens is 261 g/mol. The van der Waals surface area contributed by atoms with Crippen molar-refractivity contribution in [3.63, 3.8) is 0 Å². The van der Waals surface area contributed by atoms with Crippen LogP contribution in [0.4, 0.5) is 0 Å². The average Bonchev–Trinajstić information content (AvgIpc) is 2.13. The molecule has 0 amide bonds. The van der Waals surface area contributed by atoms with Crippen LogP contribution in [0.25, 0.3) is 0 Å². The summed E-state index contributed by atoms with van der Waals surface area (Å²) < 4.78 is 1.28. The van der Waals surface area contributed by atoms with Gasteiger partial charge in [-0.05, 0) is 31.2 Å². The fourth-order valence-corrected chi connectivity index (χ4v) is 2.82. The molecule has 0 radical (unpaired) electrons. The standard InChI is InChI=1S/C10H20IN/c1-9-3-5-12(6-4-11)8-10(2)7-9/h9-10H,3-8H2,1-2H3. The Balaban J connectivity index is 2.35. The first-order chi connectivity index (χ1) is 5.72. The molecule has 2 unspecified atom stereocenters. The van der Waals surface area contributed by atoms with E-state index in [0.717, 1.165) is 11.8 Å². The SMILES string of the molecule is CC1CCN(CCI)CC(C)C1. The fourth-order valence-electron chi connectivity index (χ4n) is 2.14. The van der Waals surface area contributed by atoms with Crippen molar-refractivity contribution >= 4 is 22.6 Å². The van der Waals surface area contributed by atoms with Gasteiger partial charge in [-0.1, -0.05) is 36.4 Å². The highest BCUT2D eigenvalue weighted by atomic mass is 127. The van der Waals surface area contributed by atoms with Gasteiger partial charge >= 0.3 is 0 Å². The third-order valence-electron chi connectivity index (χ3n) is 2.71. The van der Waals surface area contributed by atoms with Crippen molar-refractivity contribution in [1.29, 1.82) is 0 Å². The number of rotatable bonds is 2. The van der Waals surface area contributed by atoms with Crippen LogP contribution in [0.15, 0.2) is 0 Å². The summed E-state index contributed by atoms with van der Waals surface area (Å²) in [5.41, 5.74) is 0. The van der Waals surface area contributed by atoms with E-state index >= 15 is 0 Å². The minimum Gasteiger partial charge on any atom is -0.302 e. The van der Waals surface area contributed by atoms with Gasteiger partial charge in [-0.15, -0.1) is 0 Å². The molecule has 72 valence electrons. The summed E-state index contributed by atoms with van der Waals surface area (Å²) in [7, 11) is 0. The Labute approximate surface area is 90.0 Å². The van der Waals surface area contributed by atoms with E-state index in [4.69, 9.17) is 0 Å². The summed E-state index contributed by atoms with van der Waals surface area (Å²) in [5, 5.41) is 0. The van der Waals surface area contributed by atoms with E-state index in [1.807, 2.05) is 0 Å². The Hall–Kier alpha value is 0.690. The van der Waals surface area contributed by atoms with Gasteiger partial charge in [0.25, 0.3) is 0 Å². The lowest BCUT2D eigenvalue weighted by atomic mass is 9.97. The maximum atomic E-state index is 2.63. The topological polar surface area (TPSA) is 3.24 Å². The minimum absolute atomic E-state index is 0.908. The third-order valence-corrected chi connectivity index (χ3v) is 3.20. The highest BCUT2D eigenvalue weighted by molar-refractivity contribution is 14.1. The normalized spacial score (nSPS) is 33.2. The zero-order valence-electron chi connectivity index (χ0n) is 8.22. The second-order valence-corrected chi connectivity index (χ2v) is 5.30. The van der Waals surface area contributed by atoms with E-state index in [-0.39, 0.29) is 0 Å². The van der Waals surface area contributed by atoms with Crippen molar-refractivity contribution in [3.05, 3.63) is 0 Å². The molecule has 0 aliphatic carbocycles. The van der Waals surface area contributed by atoms with E-state index in [1.165, 1.54) is 36.9 Å². The van der Waals surface area contributed by atoms with Crippen LogP contribution in [0.5, 0.6) is 0 Å². The zero-order chi connectivity index (χ0) is 8.97. The number of hydrogen-bond acceptors (Lipinski definition) is 1. The Morgan fingerprint density at radius 1 is 1.33 bits per heavy atom. The summed E-state index contributed by atoms with van der Waals surface area (Å²) in [5.74, 6) is 1.85. The van der Waals surface area contributed by atoms with Gasteiger partial charge in [0.05, 0.1) is 0 Å². The van der Waals surface area contributed by atoms with Crippen LogP contribution in [0.1, 0.15) is 26.7 Å². The van der Waals surface area contributed by atoms with Gasteiger partial charge in [-0.3, -0.25) is 0 Å². The Morgan fingerprint density at radius 3 is 2.75 bits per heavy atom. The molecule has 1 heterocycles. The lowest BCUT2D eigenvalue weighted by Gasteiger charge is -2.20. The van der Waals surface area contributed by atoms with Crippen LogP contribution >= 0.6 is 22.6 Å². The molecule has 0 bridgehead atoms. The lowest BCUT2D eigenvalue weighted by molar-refractivity contribution is 0.273. The molecule has 2 atom stereocenters. The van der Waals surface area contributed by atoms with Crippen LogP contribution in [-0.2, 0) is 0 Å². The predicted octanol–water partition coefficient (Wildman–Crippen LogP) is 2.79. The van der Waals surface area contributed by atoms with Gasteiger partial charge in [-0.2, -0.15) is 0 Å². The average molecular weight is 281 g/mol. The van der Waals surface area contributed by atoms with Gasteiger partial charge in [-0.25, -0.2) is 0 Å². The highest BCUT2D eigenvalue weighted by Gasteiger charge is 2.17. The first kappa shape index (κ1) is 10.8. The van der Waals surface area contributed by atoms with Crippen molar-refractivity contribution in [3.8, 4) is 0 Å². The number of hydrogen-bond donors (Lipinski definition) is 0. The molecular formula is C10H20IN. The summed E-state index contributed by atoms with van der Waals surface area (Å²) >= 11 is 2.47. The van der Waals surface area contributed by atoms with Gasteiger partial charge in [0.1, 0.15) is 0 Å². The van der Waals surface area contributed by atoms with Crippen molar-refractivity contribution < 1.29 is 0 Å². The van der Waals surface area contributed by atoms with Crippen LogP contribution in [0.3, 0.4) is 0 Å². The molecule has 0 aromatic rings. The summed E-state index contributed by atoms with van der Waals surface area (Å²) in [6.07, 6.45) is 2.83. The fraction of sp³-hybridized carbons (Fsp3) is 1.00. The number of likely N-dealkylation sites (tertiary alicyclic amines) is 1. The Morgan fingerprint density at radius 2 is 2.08 bits per heavy atom. The molecule has 1 saturated heterocycles. The van der Waals surface area contributed by atoms with Crippen LogP contribution < -0.4 is 0 Å². The minimum atomic E-state index is 0.908. The predicted molar refractivity (Wildman–Crippen MR) is 62.9 cm³/mol.